The molecule has 0 spiro atoms. The van der Waals surface area contributed by atoms with Crippen molar-refractivity contribution < 1.29 is 9.53 Å². The summed E-state index contributed by atoms with van der Waals surface area (Å²) in [7, 11) is 3.58. The minimum atomic E-state index is -0.132. The van der Waals surface area contributed by atoms with Crippen LogP contribution in [0.25, 0.3) is 0 Å². The van der Waals surface area contributed by atoms with Gasteiger partial charge in [-0.25, -0.2) is 0 Å². The van der Waals surface area contributed by atoms with Gasteiger partial charge in [0.1, 0.15) is 0 Å². The molecule has 0 atom stereocenters. The van der Waals surface area contributed by atoms with Gasteiger partial charge in [0, 0.05) is 33.7 Å². The first-order valence-electron chi connectivity index (χ1n) is 7.94. The SMILES string of the molecule is CC(C)C1CCC(CN)(OCCCC(=O)N(C)C)CC1. The van der Waals surface area contributed by atoms with Crippen LogP contribution in [-0.4, -0.2) is 43.7 Å². The van der Waals surface area contributed by atoms with Crippen molar-refractivity contribution in [2.75, 3.05) is 27.2 Å². The Morgan fingerprint density at radius 1 is 1.35 bits per heavy atom. The lowest BCUT2D eigenvalue weighted by Crippen LogP contribution is -2.44. The molecule has 118 valence electrons. The van der Waals surface area contributed by atoms with Crippen molar-refractivity contribution in [1.82, 2.24) is 4.90 Å². The zero-order valence-electron chi connectivity index (χ0n) is 13.7. The Hall–Kier alpha value is -0.610. The van der Waals surface area contributed by atoms with E-state index in [-0.39, 0.29) is 11.5 Å². The Labute approximate surface area is 124 Å². The summed E-state index contributed by atoms with van der Waals surface area (Å²) < 4.78 is 6.08. The number of rotatable bonds is 7. The van der Waals surface area contributed by atoms with Crippen LogP contribution >= 0.6 is 0 Å². The van der Waals surface area contributed by atoms with Crippen LogP contribution in [0.2, 0.25) is 0 Å². The number of hydrogen-bond donors (Lipinski definition) is 1. The van der Waals surface area contributed by atoms with Crippen LogP contribution in [0, 0.1) is 11.8 Å². The van der Waals surface area contributed by atoms with E-state index in [1.807, 2.05) is 0 Å². The Bertz CT molecular complexity index is 295. The minimum absolute atomic E-state index is 0.132. The second-order valence-corrected chi connectivity index (χ2v) is 6.71. The molecule has 0 aromatic rings. The van der Waals surface area contributed by atoms with Crippen molar-refractivity contribution in [2.24, 2.45) is 17.6 Å². The van der Waals surface area contributed by atoms with Crippen LogP contribution in [0.15, 0.2) is 0 Å². The molecule has 0 saturated heterocycles. The van der Waals surface area contributed by atoms with Gasteiger partial charge in [0.05, 0.1) is 5.60 Å². The highest BCUT2D eigenvalue weighted by atomic mass is 16.5. The van der Waals surface area contributed by atoms with Crippen LogP contribution < -0.4 is 5.73 Å². The van der Waals surface area contributed by atoms with Gasteiger partial charge in [-0.1, -0.05) is 13.8 Å². The molecule has 0 unspecified atom stereocenters. The molecule has 0 aliphatic heterocycles. The predicted molar refractivity (Wildman–Crippen MR) is 82.5 cm³/mol. The van der Waals surface area contributed by atoms with Crippen molar-refractivity contribution in [3.05, 3.63) is 0 Å². The smallest absolute Gasteiger partial charge is 0.222 e. The first-order valence-corrected chi connectivity index (χ1v) is 7.94. The third-order valence-electron chi connectivity index (χ3n) is 4.70. The molecular formula is C16H32N2O2. The summed E-state index contributed by atoms with van der Waals surface area (Å²) in [5.74, 6) is 1.73. The van der Waals surface area contributed by atoms with Crippen molar-refractivity contribution in [1.29, 1.82) is 0 Å². The van der Waals surface area contributed by atoms with E-state index in [4.69, 9.17) is 10.5 Å². The maximum Gasteiger partial charge on any atom is 0.222 e. The highest BCUT2D eigenvalue weighted by Gasteiger charge is 2.35. The van der Waals surface area contributed by atoms with Gasteiger partial charge in [0.25, 0.3) is 0 Å². The van der Waals surface area contributed by atoms with Crippen LogP contribution in [0.3, 0.4) is 0 Å². The van der Waals surface area contributed by atoms with E-state index in [1.165, 1.54) is 12.8 Å². The predicted octanol–water partition coefficient (Wildman–Crippen LogP) is 2.42. The molecule has 1 rings (SSSR count). The van der Waals surface area contributed by atoms with Crippen molar-refractivity contribution >= 4 is 5.91 Å². The number of carbonyl (C=O) groups is 1. The topological polar surface area (TPSA) is 55.6 Å². The summed E-state index contributed by atoms with van der Waals surface area (Å²) in [6.07, 6.45) is 5.90. The largest absolute Gasteiger partial charge is 0.374 e. The molecule has 1 aliphatic rings. The quantitative estimate of drug-likeness (QED) is 0.730. The van der Waals surface area contributed by atoms with E-state index in [0.29, 0.717) is 19.6 Å². The van der Waals surface area contributed by atoms with Gasteiger partial charge in [-0.15, -0.1) is 0 Å². The summed E-state index contributed by atoms with van der Waals surface area (Å²) in [6, 6.07) is 0. The van der Waals surface area contributed by atoms with Gasteiger partial charge >= 0.3 is 0 Å². The molecule has 1 amide bonds. The number of nitrogens with two attached hydrogens (primary N) is 1. The van der Waals surface area contributed by atoms with E-state index in [9.17, 15) is 4.79 Å². The van der Waals surface area contributed by atoms with Crippen LogP contribution in [0.4, 0.5) is 0 Å². The third-order valence-corrected chi connectivity index (χ3v) is 4.70. The van der Waals surface area contributed by atoms with Gasteiger partial charge < -0.3 is 15.4 Å². The lowest BCUT2D eigenvalue weighted by Gasteiger charge is -2.40. The minimum Gasteiger partial charge on any atom is -0.374 e. The van der Waals surface area contributed by atoms with E-state index in [1.54, 1.807) is 19.0 Å². The summed E-state index contributed by atoms with van der Waals surface area (Å²) in [5.41, 5.74) is 5.82. The molecule has 0 aromatic heterocycles. The standard InChI is InChI=1S/C16H32N2O2/c1-13(2)14-7-9-16(12-17,10-8-14)20-11-5-6-15(19)18(3)4/h13-14H,5-12,17H2,1-4H3. The summed E-state index contributed by atoms with van der Waals surface area (Å²) >= 11 is 0. The van der Waals surface area contributed by atoms with E-state index < -0.39 is 0 Å². The van der Waals surface area contributed by atoms with Gasteiger partial charge in [-0.2, -0.15) is 0 Å². The lowest BCUT2D eigenvalue weighted by molar-refractivity contribution is -0.129. The molecule has 0 bridgehead atoms. The molecule has 1 fully saturated rings. The highest BCUT2D eigenvalue weighted by Crippen LogP contribution is 2.37. The first kappa shape index (κ1) is 17.4. The third kappa shape index (κ3) is 5.06. The number of amides is 1. The van der Waals surface area contributed by atoms with Crippen LogP contribution in [0.1, 0.15) is 52.4 Å². The summed E-state index contributed by atoms with van der Waals surface area (Å²) in [5, 5.41) is 0. The van der Waals surface area contributed by atoms with E-state index in [2.05, 4.69) is 13.8 Å². The highest BCUT2D eigenvalue weighted by molar-refractivity contribution is 5.75. The van der Waals surface area contributed by atoms with E-state index in [0.717, 1.165) is 31.1 Å². The van der Waals surface area contributed by atoms with Crippen molar-refractivity contribution in [3.63, 3.8) is 0 Å². The first-order chi connectivity index (χ1) is 9.40. The second kappa shape index (κ2) is 7.99. The number of ether oxygens (including phenoxy) is 1. The Morgan fingerprint density at radius 2 is 1.95 bits per heavy atom. The van der Waals surface area contributed by atoms with Crippen LogP contribution in [0.5, 0.6) is 0 Å². The zero-order chi connectivity index (χ0) is 15.2. The van der Waals surface area contributed by atoms with Crippen molar-refractivity contribution in [3.8, 4) is 0 Å². The van der Waals surface area contributed by atoms with Gasteiger partial charge in [-0.3, -0.25) is 4.79 Å². The molecule has 1 saturated carbocycles. The zero-order valence-corrected chi connectivity index (χ0v) is 13.7. The second-order valence-electron chi connectivity index (χ2n) is 6.71. The number of hydrogen-bond acceptors (Lipinski definition) is 3. The summed E-state index contributed by atoms with van der Waals surface area (Å²) in [4.78, 5) is 13.1. The summed E-state index contributed by atoms with van der Waals surface area (Å²) in [6.45, 7) is 5.84. The molecule has 4 nitrogen and oxygen atoms in total. The molecule has 0 radical (unpaired) electrons. The molecule has 1 aliphatic carbocycles. The molecule has 0 aromatic carbocycles. The fourth-order valence-electron chi connectivity index (χ4n) is 2.98. The number of carbonyl (C=O) groups excluding carboxylic acids is 1. The van der Waals surface area contributed by atoms with Crippen LogP contribution in [-0.2, 0) is 9.53 Å². The fourth-order valence-corrected chi connectivity index (χ4v) is 2.98. The Morgan fingerprint density at radius 3 is 2.40 bits per heavy atom. The maximum absolute atomic E-state index is 11.5. The monoisotopic (exact) mass is 284 g/mol. The average Bonchev–Trinajstić information content (AvgIpc) is 2.43. The van der Waals surface area contributed by atoms with Crippen molar-refractivity contribution in [2.45, 2.75) is 58.0 Å². The molecule has 4 heteroatoms. The molecular weight excluding hydrogens is 252 g/mol. The number of nitrogens with zero attached hydrogens (tertiary/aromatic N) is 1. The van der Waals surface area contributed by atoms with Gasteiger partial charge in [0.2, 0.25) is 5.91 Å². The Kier molecular flexibility index (Phi) is 6.96. The Balaban J connectivity index is 2.31. The maximum atomic E-state index is 11.5. The molecule has 2 N–H and O–H groups in total. The van der Waals surface area contributed by atoms with E-state index >= 15 is 0 Å². The fraction of sp³-hybridized carbons (Fsp3) is 0.938. The normalized spacial score (nSPS) is 26.8. The molecule has 0 heterocycles. The van der Waals surface area contributed by atoms with Gasteiger partial charge in [0.15, 0.2) is 0 Å². The lowest BCUT2D eigenvalue weighted by atomic mass is 9.74. The average molecular weight is 284 g/mol. The molecule has 20 heavy (non-hydrogen) atoms. The van der Waals surface area contributed by atoms with Gasteiger partial charge in [-0.05, 0) is 43.9 Å².